The van der Waals surface area contributed by atoms with Crippen molar-refractivity contribution in [2.24, 2.45) is 0 Å². The van der Waals surface area contributed by atoms with E-state index in [4.69, 9.17) is 0 Å². The first kappa shape index (κ1) is 28.9. The highest BCUT2D eigenvalue weighted by Crippen LogP contribution is 2.36. The molecule has 0 heterocycles. The van der Waals surface area contributed by atoms with Gasteiger partial charge in [-0.2, -0.15) is 25.3 Å². The molecule has 202 valence electrons. The molecule has 0 saturated carbocycles. The fourth-order valence-electron chi connectivity index (χ4n) is 3.49. The quantitative estimate of drug-likeness (QED) is 0.190. The van der Waals surface area contributed by atoms with Crippen LogP contribution in [0.4, 0.5) is 11.4 Å². The minimum atomic E-state index is -5.05. The number of ketones is 1. The van der Waals surface area contributed by atoms with E-state index in [-0.39, 0.29) is 28.1 Å². The summed E-state index contributed by atoms with van der Waals surface area (Å²) >= 11 is 0. The number of Topliss-reactive ketones (excluding diaryl/α,β-unsaturated/α-hetero) is 1. The van der Waals surface area contributed by atoms with Gasteiger partial charge < -0.3 is 10.6 Å². The monoisotopic (exact) mass is 584 g/mol. The molecule has 0 aromatic heterocycles. The Morgan fingerprint density at radius 1 is 0.658 bits per heavy atom. The maximum Gasteiger partial charge on any atom is 0.295 e. The molecule has 0 aliphatic rings. The number of carbonyl (C=O) groups excluding carboxylic acids is 2. The molecule has 3 rings (SSSR count). The van der Waals surface area contributed by atoms with Gasteiger partial charge in [0.1, 0.15) is 14.7 Å². The molecule has 0 saturated heterocycles. The Balaban J connectivity index is 2.15. The van der Waals surface area contributed by atoms with Crippen molar-refractivity contribution in [2.75, 3.05) is 17.7 Å². The highest BCUT2D eigenvalue weighted by Gasteiger charge is 2.26. The van der Waals surface area contributed by atoms with Gasteiger partial charge in [0.25, 0.3) is 36.3 Å². The summed E-state index contributed by atoms with van der Waals surface area (Å²) in [7, 11) is -13.4. The van der Waals surface area contributed by atoms with E-state index >= 15 is 0 Å². The van der Waals surface area contributed by atoms with E-state index < -0.39 is 62.3 Å². The Morgan fingerprint density at radius 2 is 1.13 bits per heavy atom. The first-order valence-corrected chi connectivity index (χ1v) is 14.6. The van der Waals surface area contributed by atoms with Crippen molar-refractivity contribution in [2.45, 2.75) is 21.6 Å². The topological polar surface area (TPSA) is 221 Å². The van der Waals surface area contributed by atoms with Crippen LogP contribution in [-0.4, -0.2) is 57.6 Å². The Kier molecular flexibility index (Phi) is 7.79. The molecule has 0 atom stereocenters. The molecule has 0 bridgehead atoms. The van der Waals surface area contributed by atoms with Crippen LogP contribution in [0.3, 0.4) is 0 Å². The first-order chi connectivity index (χ1) is 17.4. The van der Waals surface area contributed by atoms with Crippen molar-refractivity contribution < 1.29 is 48.5 Å². The van der Waals surface area contributed by atoms with Gasteiger partial charge in [0.2, 0.25) is 0 Å². The van der Waals surface area contributed by atoms with Gasteiger partial charge in [0.05, 0.1) is 5.56 Å². The largest absolute Gasteiger partial charge is 0.388 e. The second kappa shape index (κ2) is 10.2. The molecular weight excluding hydrogens is 564 g/mol. The number of carbonyl (C=O) groups is 2. The van der Waals surface area contributed by atoms with Gasteiger partial charge in [-0.15, -0.1) is 0 Å². The third kappa shape index (κ3) is 6.24. The second-order valence-corrected chi connectivity index (χ2v) is 12.0. The highest BCUT2D eigenvalue weighted by atomic mass is 32.2. The van der Waals surface area contributed by atoms with E-state index in [0.717, 1.165) is 49.4 Å². The van der Waals surface area contributed by atoms with Crippen molar-refractivity contribution in [1.82, 2.24) is 0 Å². The van der Waals surface area contributed by atoms with E-state index in [9.17, 15) is 48.5 Å². The van der Waals surface area contributed by atoms with Crippen LogP contribution in [0.5, 0.6) is 0 Å². The lowest BCUT2D eigenvalue weighted by Gasteiger charge is -2.15. The molecule has 5 N–H and O–H groups in total. The average Bonchev–Trinajstić information content (AvgIpc) is 2.81. The number of nitrogens with one attached hydrogen (secondary N) is 2. The van der Waals surface area contributed by atoms with Crippen molar-refractivity contribution in [1.29, 1.82) is 0 Å². The number of amides is 1. The molecule has 0 aliphatic heterocycles. The molecular formula is C22H20N2O11S3. The Morgan fingerprint density at radius 3 is 1.58 bits per heavy atom. The minimum absolute atomic E-state index is 0.105. The van der Waals surface area contributed by atoms with Gasteiger partial charge >= 0.3 is 0 Å². The van der Waals surface area contributed by atoms with Crippen molar-refractivity contribution in [3.05, 3.63) is 65.7 Å². The molecule has 0 unspecified atom stereocenters. The third-order valence-electron chi connectivity index (χ3n) is 5.27. The lowest BCUT2D eigenvalue weighted by atomic mass is 10.0. The van der Waals surface area contributed by atoms with Gasteiger partial charge in [0, 0.05) is 35.1 Å². The van der Waals surface area contributed by atoms with Crippen LogP contribution in [-0.2, 0) is 30.4 Å². The summed E-state index contributed by atoms with van der Waals surface area (Å²) in [6.07, 6.45) is 0. The summed E-state index contributed by atoms with van der Waals surface area (Å²) in [6.45, 7) is 1.14. The van der Waals surface area contributed by atoms with Crippen LogP contribution in [0, 0.1) is 0 Å². The fourth-order valence-corrected chi connectivity index (χ4v) is 5.67. The number of hydrogen-bond acceptors (Lipinski definition) is 9. The van der Waals surface area contributed by atoms with E-state index in [2.05, 4.69) is 10.6 Å². The van der Waals surface area contributed by atoms with Gasteiger partial charge in [-0.05, 0) is 43.3 Å². The van der Waals surface area contributed by atoms with Crippen LogP contribution in [0.25, 0.3) is 11.1 Å². The van der Waals surface area contributed by atoms with Gasteiger partial charge in [-0.1, -0.05) is 18.2 Å². The third-order valence-corrected chi connectivity index (χ3v) is 7.95. The molecule has 3 aromatic rings. The molecule has 0 spiro atoms. The van der Waals surface area contributed by atoms with Crippen LogP contribution in [0.15, 0.2) is 69.3 Å². The normalized spacial score (nSPS) is 12.1. The zero-order chi connectivity index (χ0) is 28.6. The van der Waals surface area contributed by atoms with Gasteiger partial charge in [-0.3, -0.25) is 23.2 Å². The number of benzene rings is 3. The van der Waals surface area contributed by atoms with Gasteiger partial charge in [0.15, 0.2) is 5.78 Å². The fraction of sp³-hybridized carbons (Fsp3) is 0.0909. The predicted octanol–water partition coefficient (Wildman–Crippen LogP) is 2.59. The summed E-state index contributed by atoms with van der Waals surface area (Å²) in [5.74, 6) is -1.67. The highest BCUT2D eigenvalue weighted by molar-refractivity contribution is 7.86. The van der Waals surface area contributed by atoms with E-state index in [1.165, 1.54) is 19.2 Å². The summed E-state index contributed by atoms with van der Waals surface area (Å²) in [5.41, 5.74) is -1.32. The SMILES string of the molecule is CNc1ccc(-c2ccc(NC(=O)c3ccc(C(C)=O)cc3S(=O)(=O)O)cc2S(=O)(=O)O)c(S(=O)(=O)O)c1. The standard InChI is InChI=1S/C22H20N2O11S3/c1-12(25)13-3-6-18(19(9-13)36(27,28)29)22(26)24-15-5-8-17(21(11-15)38(33,34)35)16-7-4-14(23-2)10-20(16)37(30,31)32/h3-11,23H,1-2H3,(H,24,26)(H,27,28,29)(H,30,31,32)(H,33,34,35). The van der Waals surface area contributed by atoms with Crippen LogP contribution in [0.2, 0.25) is 0 Å². The summed E-state index contributed by atoms with van der Waals surface area (Å²) in [6, 6.07) is 9.46. The van der Waals surface area contributed by atoms with Crippen molar-refractivity contribution >= 4 is 53.4 Å². The van der Waals surface area contributed by atoms with Crippen LogP contribution in [0.1, 0.15) is 27.6 Å². The van der Waals surface area contributed by atoms with E-state index in [1.54, 1.807) is 0 Å². The molecule has 38 heavy (non-hydrogen) atoms. The van der Waals surface area contributed by atoms with E-state index in [1.807, 2.05) is 0 Å². The summed E-state index contributed by atoms with van der Waals surface area (Å²) in [4.78, 5) is 22.0. The maximum absolute atomic E-state index is 12.8. The lowest BCUT2D eigenvalue weighted by Crippen LogP contribution is -2.17. The Labute approximate surface area is 217 Å². The summed E-state index contributed by atoms with van der Waals surface area (Å²) in [5, 5.41) is 4.89. The zero-order valence-corrected chi connectivity index (χ0v) is 22.0. The van der Waals surface area contributed by atoms with Crippen molar-refractivity contribution in [3.63, 3.8) is 0 Å². The zero-order valence-electron chi connectivity index (χ0n) is 19.5. The molecule has 1 amide bonds. The predicted molar refractivity (Wildman–Crippen MR) is 135 cm³/mol. The molecule has 16 heteroatoms. The molecule has 13 nitrogen and oxygen atoms in total. The maximum atomic E-state index is 12.8. The smallest absolute Gasteiger partial charge is 0.295 e. The summed E-state index contributed by atoms with van der Waals surface area (Å²) < 4.78 is 101. The number of rotatable bonds is 8. The Bertz CT molecular complexity index is 1800. The minimum Gasteiger partial charge on any atom is -0.388 e. The lowest BCUT2D eigenvalue weighted by molar-refractivity contribution is 0.100. The number of anilines is 2. The van der Waals surface area contributed by atoms with Crippen molar-refractivity contribution in [3.8, 4) is 11.1 Å². The average molecular weight is 585 g/mol. The molecule has 0 radical (unpaired) electrons. The number of hydrogen-bond donors (Lipinski definition) is 5. The van der Waals surface area contributed by atoms with Gasteiger partial charge in [-0.25, -0.2) is 0 Å². The molecule has 0 aliphatic carbocycles. The van der Waals surface area contributed by atoms with Crippen LogP contribution >= 0.6 is 0 Å². The molecule has 3 aromatic carbocycles. The second-order valence-electron chi connectivity index (χ2n) is 7.82. The molecule has 0 fully saturated rings. The Hall–Kier alpha value is -3.67. The van der Waals surface area contributed by atoms with Crippen LogP contribution < -0.4 is 10.6 Å². The first-order valence-electron chi connectivity index (χ1n) is 10.3. The van der Waals surface area contributed by atoms with E-state index in [0.29, 0.717) is 0 Å².